The van der Waals surface area contributed by atoms with Crippen molar-refractivity contribution in [2.45, 2.75) is 13.5 Å². The Hall–Kier alpha value is -3.13. The second kappa shape index (κ2) is 9.79. The van der Waals surface area contributed by atoms with E-state index in [1.54, 1.807) is 12.1 Å². The Labute approximate surface area is 205 Å². The molecule has 0 saturated carbocycles. The van der Waals surface area contributed by atoms with Crippen LogP contribution in [0.3, 0.4) is 0 Å². The number of aryl methyl sites for hydroxylation is 1. The van der Waals surface area contributed by atoms with Crippen molar-refractivity contribution in [3.8, 4) is 5.75 Å². The number of anilines is 1. The number of hydrogen-bond donors (Lipinski definition) is 1. The number of carbonyl (C=O) groups excluding carboxylic acids is 1. The third-order valence-corrected chi connectivity index (χ3v) is 6.54. The quantitative estimate of drug-likeness (QED) is 0.318. The van der Waals surface area contributed by atoms with E-state index in [2.05, 4.69) is 0 Å². The van der Waals surface area contributed by atoms with Crippen molar-refractivity contribution in [3.05, 3.63) is 98.9 Å². The van der Waals surface area contributed by atoms with Crippen molar-refractivity contribution in [1.29, 1.82) is 0 Å². The Morgan fingerprint density at radius 1 is 1.12 bits per heavy atom. The van der Waals surface area contributed by atoms with Gasteiger partial charge < -0.3 is 9.84 Å². The number of rotatable bonds is 6. The van der Waals surface area contributed by atoms with Crippen molar-refractivity contribution < 1.29 is 19.4 Å². The van der Waals surface area contributed by atoms with Gasteiger partial charge in [-0.2, -0.15) is 0 Å². The van der Waals surface area contributed by atoms with Crippen LogP contribution in [0.5, 0.6) is 5.75 Å². The first-order valence-electron chi connectivity index (χ1n) is 9.91. The van der Waals surface area contributed by atoms with E-state index in [0.717, 1.165) is 16.7 Å². The normalized spacial score (nSPS) is 14.7. The third-order valence-electron chi connectivity index (χ3n) is 4.99. The number of nitrogens with zero attached hydrogens (tertiary/aromatic N) is 1. The first-order chi connectivity index (χ1) is 15.8. The van der Waals surface area contributed by atoms with Gasteiger partial charge in [0.15, 0.2) is 4.32 Å². The first-order valence-corrected chi connectivity index (χ1v) is 11.5. The molecule has 0 aliphatic carbocycles. The van der Waals surface area contributed by atoms with Gasteiger partial charge in [0.05, 0.1) is 16.2 Å². The van der Waals surface area contributed by atoms with Crippen molar-refractivity contribution >= 4 is 63.5 Å². The molecule has 0 spiro atoms. The molecule has 166 valence electrons. The van der Waals surface area contributed by atoms with Crippen LogP contribution in [0.15, 0.2) is 71.6 Å². The molecule has 4 rings (SSSR count). The SMILES string of the molecule is Cc1ccc(C(=O)O)cc1N1C(=O)/C(=C/c2ccc(OCc3ccc(Cl)cc3)cc2)SC1=S. The summed E-state index contributed by atoms with van der Waals surface area (Å²) in [5.74, 6) is -0.634. The average Bonchev–Trinajstić information content (AvgIpc) is 3.07. The highest BCUT2D eigenvalue weighted by Gasteiger charge is 2.34. The standard InChI is InChI=1S/C25H18ClNO4S2/c1-15-2-7-18(24(29)30)13-21(15)27-23(28)22(33-25(27)32)12-16-5-10-20(11-6-16)31-14-17-3-8-19(26)9-4-17/h2-13H,14H2,1H3,(H,29,30)/b22-12-. The minimum absolute atomic E-state index is 0.0998. The van der Waals surface area contributed by atoms with Crippen LogP contribution >= 0.6 is 35.6 Å². The molecule has 0 unspecified atom stereocenters. The van der Waals surface area contributed by atoms with Crippen LogP contribution in [-0.4, -0.2) is 21.3 Å². The topological polar surface area (TPSA) is 66.8 Å². The van der Waals surface area contributed by atoms with Crippen LogP contribution < -0.4 is 9.64 Å². The minimum atomic E-state index is -1.06. The van der Waals surface area contributed by atoms with E-state index in [1.807, 2.05) is 55.5 Å². The van der Waals surface area contributed by atoms with Gasteiger partial charge in [-0.3, -0.25) is 9.69 Å². The van der Waals surface area contributed by atoms with E-state index < -0.39 is 5.97 Å². The van der Waals surface area contributed by atoms with Crippen LogP contribution in [-0.2, 0) is 11.4 Å². The number of carboxylic acids is 1. The molecule has 1 saturated heterocycles. The Balaban J connectivity index is 1.49. The number of halogens is 1. The Bertz CT molecular complexity index is 1270. The van der Waals surface area contributed by atoms with Gasteiger partial charge in [-0.15, -0.1) is 0 Å². The fourth-order valence-corrected chi connectivity index (χ4v) is 4.63. The average molecular weight is 496 g/mol. The lowest BCUT2D eigenvalue weighted by Crippen LogP contribution is -2.28. The monoisotopic (exact) mass is 495 g/mol. The van der Waals surface area contributed by atoms with Crippen LogP contribution in [0.4, 0.5) is 5.69 Å². The lowest BCUT2D eigenvalue weighted by atomic mass is 10.1. The summed E-state index contributed by atoms with van der Waals surface area (Å²) in [6, 6.07) is 19.5. The van der Waals surface area contributed by atoms with Gasteiger partial charge in [-0.1, -0.05) is 65.9 Å². The number of amides is 1. The van der Waals surface area contributed by atoms with Crippen LogP contribution in [0.1, 0.15) is 27.0 Å². The van der Waals surface area contributed by atoms with Crippen LogP contribution in [0.25, 0.3) is 6.08 Å². The maximum absolute atomic E-state index is 13.1. The molecule has 1 aliphatic heterocycles. The fourth-order valence-electron chi connectivity index (χ4n) is 3.22. The molecule has 1 heterocycles. The van der Waals surface area contributed by atoms with E-state index in [4.69, 9.17) is 28.6 Å². The second-order valence-corrected chi connectivity index (χ2v) is 9.42. The number of aromatic carboxylic acids is 1. The smallest absolute Gasteiger partial charge is 0.335 e. The molecule has 0 radical (unpaired) electrons. The van der Waals surface area contributed by atoms with E-state index in [0.29, 0.717) is 32.3 Å². The van der Waals surface area contributed by atoms with E-state index in [-0.39, 0.29) is 11.5 Å². The van der Waals surface area contributed by atoms with E-state index in [1.165, 1.54) is 28.8 Å². The summed E-state index contributed by atoms with van der Waals surface area (Å²) in [6.07, 6.45) is 1.76. The molecule has 0 atom stereocenters. The highest BCUT2D eigenvalue weighted by atomic mass is 35.5. The van der Waals surface area contributed by atoms with E-state index >= 15 is 0 Å². The van der Waals surface area contributed by atoms with Crippen LogP contribution in [0, 0.1) is 6.92 Å². The predicted molar refractivity (Wildman–Crippen MR) is 136 cm³/mol. The van der Waals surface area contributed by atoms with Crippen molar-refractivity contribution in [1.82, 2.24) is 0 Å². The fraction of sp³-hybridized carbons (Fsp3) is 0.0800. The maximum Gasteiger partial charge on any atom is 0.335 e. The Kier molecular flexibility index (Phi) is 6.83. The van der Waals surface area contributed by atoms with Gasteiger partial charge >= 0.3 is 5.97 Å². The molecule has 33 heavy (non-hydrogen) atoms. The molecule has 1 amide bonds. The van der Waals surface area contributed by atoms with E-state index in [9.17, 15) is 14.7 Å². The van der Waals surface area contributed by atoms with Gasteiger partial charge in [0.2, 0.25) is 0 Å². The summed E-state index contributed by atoms with van der Waals surface area (Å²) in [7, 11) is 0. The molecule has 3 aromatic carbocycles. The highest BCUT2D eigenvalue weighted by Crippen LogP contribution is 2.37. The number of hydrogen-bond acceptors (Lipinski definition) is 5. The zero-order valence-corrected chi connectivity index (χ0v) is 19.8. The van der Waals surface area contributed by atoms with Crippen LogP contribution in [0.2, 0.25) is 5.02 Å². The molecule has 1 N–H and O–H groups in total. The lowest BCUT2D eigenvalue weighted by Gasteiger charge is -2.17. The third kappa shape index (κ3) is 5.27. The zero-order chi connectivity index (χ0) is 23.5. The molecule has 3 aromatic rings. The summed E-state index contributed by atoms with van der Waals surface area (Å²) in [5, 5.41) is 9.97. The zero-order valence-electron chi connectivity index (χ0n) is 17.4. The van der Waals surface area contributed by atoms with Gasteiger partial charge in [0, 0.05) is 5.02 Å². The second-order valence-electron chi connectivity index (χ2n) is 7.31. The molecule has 1 aliphatic rings. The molecular weight excluding hydrogens is 478 g/mol. The molecule has 1 fully saturated rings. The lowest BCUT2D eigenvalue weighted by molar-refractivity contribution is -0.113. The summed E-state index contributed by atoms with van der Waals surface area (Å²) in [6.45, 7) is 2.23. The van der Waals surface area contributed by atoms with Crippen molar-refractivity contribution in [3.63, 3.8) is 0 Å². The largest absolute Gasteiger partial charge is 0.489 e. The molecule has 8 heteroatoms. The summed E-state index contributed by atoms with van der Waals surface area (Å²) in [4.78, 5) is 26.3. The number of benzene rings is 3. The molecule has 5 nitrogen and oxygen atoms in total. The first kappa shape index (κ1) is 23.0. The number of thioether (sulfide) groups is 1. The molecular formula is C25H18ClNO4S2. The van der Waals surface area contributed by atoms with Gasteiger partial charge in [-0.05, 0) is 66.1 Å². The number of thiocarbonyl (C=S) groups is 1. The van der Waals surface area contributed by atoms with Gasteiger partial charge in [0.25, 0.3) is 5.91 Å². The Morgan fingerprint density at radius 2 is 1.82 bits per heavy atom. The van der Waals surface area contributed by atoms with Crippen molar-refractivity contribution in [2.24, 2.45) is 0 Å². The predicted octanol–water partition coefficient (Wildman–Crippen LogP) is 6.33. The van der Waals surface area contributed by atoms with Gasteiger partial charge in [0.1, 0.15) is 12.4 Å². The highest BCUT2D eigenvalue weighted by molar-refractivity contribution is 8.27. The maximum atomic E-state index is 13.1. The minimum Gasteiger partial charge on any atom is -0.489 e. The number of carboxylic acid groups (broad SMARTS) is 1. The summed E-state index contributed by atoms with van der Waals surface area (Å²) < 4.78 is 6.16. The summed E-state index contributed by atoms with van der Waals surface area (Å²) in [5.41, 5.74) is 3.18. The molecule has 0 aromatic heterocycles. The Morgan fingerprint density at radius 3 is 2.48 bits per heavy atom. The van der Waals surface area contributed by atoms with Crippen molar-refractivity contribution in [2.75, 3.05) is 4.90 Å². The van der Waals surface area contributed by atoms with Gasteiger partial charge in [-0.25, -0.2) is 4.79 Å². The number of carbonyl (C=O) groups is 2. The molecule has 0 bridgehead atoms. The number of ether oxygens (including phenoxy) is 1. The summed E-state index contributed by atoms with van der Waals surface area (Å²) >= 11 is 12.5.